The summed E-state index contributed by atoms with van der Waals surface area (Å²) in [5.41, 5.74) is 13.9. The van der Waals surface area contributed by atoms with E-state index in [0.29, 0.717) is 53.3 Å². The molecule has 0 aliphatic heterocycles. The van der Waals surface area contributed by atoms with Crippen LogP contribution in [-0.4, -0.2) is 27.8 Å². The lowest BCUT2D eigenvalue weighted by Crippen LogP contribution is -2.35. The molecular formula is C34H47N5O4. The summed E-state index contributed by atoms with van der Waals surface area (Å²) < 4.78 is 1.32. The van der Waals surface area contributed by atoms with Crippen molar-refractivity contribution < 1.29 is 9.59 Å². The van der Waals surface area contributed by atoms with Gasteiger partial charge >= 0.3 is 5.69 Å². The van der Waals surface area contributed by atoms with Gasteiger partial charge in [0.15, 0.2) is 0 Å². The lowest BCUT2D eigenvalue weighted by atomic mass is 9.87. The van der Waals surface area contributed by atoms with Crippen LogP contribution in [0.1, 0.15) is 99.9 Å². The maximum atomic E-state index is 12.5. The molecule has 0 saturated heterocycles. The number of nitrogen functional groups attached to an aromatic ring is 2. The van der Waals surface area contributed by atoms with Gasteiger partial charge in [-0.1, -0.05) is 70.3 Å². The summed E-state index contributed by atoms with van der Waals surface area (Å²) in [6, 6.07) is 10.2. The number of aromatic amines is 1. The van der Waals surface area contributed by atoms with E-state index in [1.807, 2.05) is 0 Å². The van der Waals surface area contributed by atoms with Crippen molar-refractivity contribution in [2.24, 2.45) is 11.8 Å². The number of aromatic nitrogens is 2. The SMILES string of the molecule is CC(=O)Cc1ccc(N)c(C(=O)NCCC2CCCCC2)c1.Nc1ccc2[nH]c(=O)n(CCC3CCCCC3)c(=O)c2c1. The van der Waals surface area contributed by atoms with Crippen LogP contribution in [0.15, 0.2) is 46.0 Å². The normalized spacial score (nSPS) is 15.9. The van der Waals surface area contributed by atoms with Crippen LogP contribution in [0.25, 0.3) is 10.9 Å². The number of anilines is 2. The van der Waals surface area contributed by atoms with Gasteiger partial charge in [-0.25, -0.2) is 4.79 Å². The molecule has 2 fully saturated rings. The number of benzene rings is 2. The molecule has 2 aliphatic carbocycles. The van der Waals surface area contributed by atoms with Gasteiger partial charge in [-0.15, -0.1) is 0 Å². The topological polar surface area (TPSA) is 153 Å². The second-order valence-electron chi connectivity index (χ2n) is 12.3. The molecule has 0 spiro atoms. The van der Waals surface area contributed by atoms with Gasteiger partial charge < -0.3 is 21.8 Å². The van der Waals surface area contributed by atoms with Crippen molar-refractivity contribution in [3.05, 3.63) is 68.4 Å². The molecule has 0 radical (unpaired) electrons. The number of Topliss-reactive ketones (excluding diaryl/α,β-unsaturated/α-hetero) is 1. The number of hydrogen-bond acceptors (Lipinski definition) is 6. The Morgan fingerprint density at radius 1 is 0.884 bits per heavy atom. The highest BCUT2D eigenvalue weighted by Gasteiger charge is 2.16. The molecule has 6 N–H and O–H groups in total. The third kappa shape index (κ3) is 9.30. The average Bonchev–Trinajstić information content (AvgIpc) is 2.99. The molecule has 2 saturated carbocycles. The van der Waals surface area contributed by atoms with Crippen LogP contribution in [0.4, 0.5) is 11.4 Å². The van der Waals surface area contributed by atoms with Crippen LogP contribution in [0.3, 0.4) is 0 Å². The van der Waals surface area contributed by atoms with Crippen molar-refractivity contribution >= 4 is 34.0 Å². The number of carbonyl (C=O) groups is 2. The van der Waals surface area contributed by atoms with Crippen LogP contribution < -0.4 is 28.0 Å². The number of amides is 1. The third-order valence-corrected chi connectivity index (χ3v) is 8.87. The van der Waals surface area contributed by atoms with Gasteiger partial charge in [-0.3, -0.25) is 19.0 Å². The Bertz CT molecular complexity index is 1510. The second kappa shape index (κ2) is 15.5. The largest absolute Gasteiger partial charge is 0.399 e. The summed E-state index contributed by atoms with van der Waals surface area (Å²) in [4.78, 5) is 50.8. The maximum Gasteiger partial charge on any atom is 0.328 e. The summed E-state index contributed by atoms with van der Waals surface area (Å²) in [7, 11) is 0. The van der Waals surface area contributed by atoms with E-state index in [-0.39, 0.29) is 22.9 Å². The Morgan fingerprint density at radius 2 is 1.53 bits per heavy atom. The van der Waals surface area contributed by atoms with E-state index in [1.54, 1.807) is 43.3 Å². The number of nitrogens with one attached hydrogen (secondary N) is 2. The number of nitrogens with zero attached hydrogens (tertiary/aromatic N) is 1. The van der Waals surface area contributed by atoms with Crippen LogP contribution in [-0.2, 0) is 17.8 Å². The van der Waals surface area contributed by atoms with Gasteiger partial charge in [-0.2, -0.15) is 0 Å². The van der Waals surface area contributed by atoms with Crippen LogP contribution >= 0.6 is 0 Å². The predicted octanol–water partition coefficient (Wildman–Crippen LogP) is 5.34. The zero-order chi connectivity index (χ0) is 30.8. The minimum Gasteiger partial charge on any atom is -0.399 e. The molecular weight excluding hydrogens is 542 g/mol. The van der Waals surface area contributed by atoms with Crippen molar-refractivity contribution in [1.82, 2.24) is 14.9 Å². The summed E-state index contributed by atoms with van der Waals surface area (Å²) in [5.74, 6) is 1.32. The minimum atomic E-state index is -0.326. The van der Waals surface area contributed by atoms with E-state index in [4.69, 9.17) is 11.5 Å². The Balaban J connectivity index is 0.000000197. The first-order chi connectivity index (χ1) is 20.7. The van der Waals surface area contributed by atoms with E-state index in [9.17, 15) is 19.2 Å². The molecule has 1 heterocycles. The second-order valence-corrected chi connectivity index (χ2v) is 12.3. The highest BCUT2D eigenvalue weighted by molar-refractivity contribution is 5.99. The highest BCUT2D eigenvalue weighted by Crippen LogP contribution is 2.27. The highest BCUT2D eigenvalue weighted by atomic mass is 16.2. The van der Waals surface area contributed by atoms with Crippen molar-refractivity contribution in [2.45, 2.75) is 96.9 Å². The van der Waals surface area contributed by atoms with Crippen molar-refractivity contribution in [3.8, 4) is 0 Å². The zero-order valence-corrected chi connectivity index (χ0v) is 25.5. The van der Waals surface area contributed by atoms with Crippen LogP contribution in [0, 0.1) is 11.8 Å². The number of H-pyrrole nitrogens is 1. The van der Waals surface area contributed by atoms with Crippen molar-refractivity contribution in [3.63, 3.8) is 0 Å². The van der Waals surface area contributed by atoms with Crippen molar-refractivity contribution in [1.29, 1.82) is 0 Å². The predicted molar refractivity (Wildman–Crippen MR) is 173 cm³/mol. The number of hydrogen-bond donors (Lipinski definition) is 4. The lowest BCUT2D eigenvalue weighted by molar-refractivity contribution is -0.116. The quantitative estimate of drug-likeness (QED) is 0.247. The van der Waals surface area contributed by atoms with E-state index in [2.05, 4.69) is 10.3 Å². The van der Waals surface area contributed by atoms with E-state index in [1.165, 1.54) is 68.8 Å². The molecule has 2 aliphatic rings. The average molecular weight is 590 g/mol. The fourth-order valence-corrected chi connectivity index (χ4v) is 6.42. The number of rotatable bonds is 9. The van der Waals surface area contributed by atoms with Gasteiger partial charge in [0, 0.05) is 30.9 Å². The van der Waals surface area contributed by atoms with E-state index in [0.717, 1.165) is 24.3 Å². The summed E-state index contributed by atoms with van der Waals surface area (Å²) in [5, 5.41) is 3.45. The Labute approximate surface area is 253 Å². The molecule has 9 nitrogen and oxygen atoms in total. The van der Waals surface area contributed by atoms with E-state index >= 15 is 0 Å². The summed E-state index contributed by atoms with van der Waals surface area (Å²) in [6.45, 7) is 2.73. The van der Waals surface area contributed by atoms with E-state index < -0.39 is 0 Å². The Kier molecular flexibility index (Phi) is 11.6. The van der Waals surface area contributed by atoms with Crippen LogP contribution in [0.5, 0.6) is 0 Å². The monoisotopic (exact) mass is 589 g/mol. The minimum absolute atomic E-state index is 0.0772. The zero-order valence-electron chi connectivity index (χ0n) is 25.5. The van der Waals surface area contributed by atoms with Crippen LogP contribution in [0.2, 0.25) is 0 Å². The first-order valence-corrected chi connectivity index (χ1v) is 15.9. The summed E-state index contributed by atoms with van der Waals surface area (Å²) in [6.07, 6.45) is 15.1. The fraction of sp³-hybridized carbons (Fsp3) is 0.529. The molecule has 0 unspecified atom stereocenters. The van der Waals surface area contributed by atoms with Gasteiger partial charge in [0.05, 0.1) is 16.5 Å². The van der Waals surface area contributed by atoms with Crippen molar-refractivity contribution in [2.75, 3.05) is 18.0 Å². The summed E-state index contributed by atoms with van der Waals surface area (Å²) >= 11 is 0. The Morgan fingerprint density at radius 3 is 2.19 bits per heavy atom. The molecule has 1 aromatic heterocycles. The maximum absolute atomic E-state index is 12.5. The molecule has 2 aromatic carbocycles. The smallest absolute Gasteiger partial charge is 0.328 e. The standard InChI is InChI=1S/C18H26N2O2.C16H21N3O2/c1-13(21)11-15-7-8-17(19)16(12-15)18(22)20-10-9-14-5-3-2-4-6-14;17-12-6-7-14-13(10-12)15(20)19(16(21)18-14)9-8-11-4-2-1-3-5-11/h7-8,12,14H,2-6,9-11,19H2,1H3,(H,20,22);6-7,10-11H,1-5,8-9,17H2,(H,18,21). The number of ketones is 1. The molecule has 43 heavy (non-hydrogen) atoms. The third-order valence-electron chi connectivity index (χ3n) is 8.87. The number of carbonyl (C=O) groups excluding carboxylic acids is 2. The molecule has 0 atom stereocenters. The first kappa shape index (κ1) is 32.0. The first-order valence-electron chi connectivity index (χ1n) is 15.9. The number of nitrogens with two attached hydrogens (primary N) is 2. The molecule has 5 rings (SSSR count). The Hall–Kier alpha value is -3.88. The molecule has 3 aromatic rings. The molecule has 9 heteroatoms. The lowest BCUT2D eigenvalue weighted by Gasteiger charge is -2.21. The van der Waals surface area contributed by atoms with Gasteiger partial charge in [0.2, 0.25) is 0 Å². The molecule has 232 valence electrons. The molecule has 1 amide bonds. The number of fused-ring (bicyclic) bond motifs is 1. The van der Waals surface area contributed by atoms with Gasteiger partial charge in [-0.05, 0) is 67.5 Å². The van der Waals surface area contributed by atoms with Gasteiger partial charge in [0.1, 0.15) is 5.78 Å². The van der Waals surface area contributed by atoms with Gasteiger partial charge in [0.25, 0.3) is 11.5 Å². The fourth-order valence-electron chi connectivity index (χ4n) is 6.42. The molecule has 0 bridgehead atoms.